The minimum Gasteiger partial charge on any atom is -0.349 e. The van der Waals surface area contributed by atoms with Crippen molar-refractivity contribution in [3.05, 3.63) is 34.6 Å². The van der Waals surface area contributed by atoms with Gasteiger partial charge in [0, 0.05) is 20.0 Å². The summed E-state index contributed by atoms with van der Waals surface area (Å²) in [4.78, 5) is 25.0. The molecule has 0 bridgehead atoms. The van der Waals surface area contributed by atoms with Gasteiger partial charge in [0.15, 0.2) is 0 Å². The summed E-state index contributed by atoms with van der Waals surface area (Å²) in [6.07, 6.45) is 0.235. The van der Waals surface area contributed by atoms with E-state index in [0.717, 1.165) is 5.56 Å². The second kappa shape index (κ2) is 5.79. The Morgan fingerprint density at radius 3 is 2.80 bits per heavy atom. The Hall–Kier alpha value is -1.62. The molecule has 0 aliphatic carbocycles. The molecule has 1 N–H and O–H groups in total. The van der Waals surface area contributed by atoms with Crippen LogP contribution in [0.4, 0.5) is 4.39 Å². The van der Waals surface area contributed by atoms with Gasteiger partial charge in [-0.1, -0.05) is 17.7 Å². The van der Waals surface area contributed by atoms with Crippen LogP contribution in [-0.4, -0.2) is 30.3 Å². The van der Waals surface area contributed by atoms with Crippen molar-refractivity contribution in [2.24, 2.45) is 5.92 Å². The highest BCUT2D eigenvalue weighted by Crippen LogP contribution is 2.22. The Balaban J connectivity index is 2.00. The number of halogens is 2. The lowest BCUT2D eigenvalue weighted by Gasteiger charge is -2.17. The number of nitrogens with zero attached hydrogens (tertiary/aromatic N) is 1. The summed E-state index contributed by atoms with van der Waals surface area (Å²) in [7, 11) is 1.68. The molecule has 0 radical (unpaired) electrons. The van der Waals surface area contributed by atoms with Crippen LogP contribution in [0.2, 0.25) is 5.02 Å². The molecular formula is C14H16ClFN2O2. The fourth-order valence-electron chi connectivity index (χ4n) is 2.24. The molecule has 4 nitrogen and oxygen atoms in total. The Morgan fingerprint density at radius 2 is 2.25 bits per heavy atom. The van der Waals surface area contributed by atoms with E-state index in [-0.39, 0.29) is 35.2 Å². The lowest BCUT2D eigenvalue weighted by molar-refractivity contribution is -0.128. The molecule has 1 fully saturated rings. The van der Waals surface area contributed by atoms with E-state index in [1.165, 1.54) is 12.1 Å². The third kappa shape index (κ3) is 3.10. The van der Waals surface area contributed by atoms with Gasteiger partial charge in [0.05, 0.1) is 17.0 Å². The van der Waals surface area contributed by atoms with Crippen LogP contribution in [0.3, 0.4) is 0 Å². The highest BCUT2D eigenvalue weighted by atomic mass is 35.5. The molecule has 2 atom stereocenters. The Bertz CT molecular complexity index is 550. The molecule has 1 aromatic carbocycles. The van der Waals surface area contributed by atoms with E-state index in [0.29, 0.717) is 6.54 Å². The van der Waals surface area contributed by atoms with E-state index in [9.17, 15) is 14.0 Å². The summed E-state index contributed by atoms with van der Waals surface area (Å²) in [5, 5.41) is 2.85. The number of benzene rings is 1. The molecule has 2 unspecified atom stereocenters. The van der Waals surface area contributed by atoms with Crippen molar-refractivity contribution >= 4 is 23.4 Å². The highest BCUT2D eigenvalue weighted by molar-refractivity contribution is 6.30. The fraction of sp³-hybridized carbons (Fsp3) is 0.429. The lowest BCUT2D eigenvalue weighted by Crippen LogP contribution is -2.34. The number of likely N-dealkylation sites (tertiary alicyclic amines) is 1. The van der Waals surface area contributed by atoms with E-state index in [4.69, 9.17) is 11.6 Å². The topological polar surface area (TPSA) is 49.4 Å². The molecule has 108 valence electrons. The zero-order chi connectivity index (χ0) is 14.9. The molecule has 0 spiro atoms. The molecule has 1 aromatic rings. The fourth-order valence-corrected chi connectivity index (χ4v) is 2.42. The molecule has 1 aliphatic heterocycles. The smallest absolute Gasteiger partial charge is 0.225 e. The molecule has 20 heavy (non-hydrogen) atoms. The maximum Gasteiger partial charge on any atom is 0.225 e. The number of rotatable bonds is 3. The number of hydrogen-bond donors (Lipinski definition) is 1. The van der Waals surface area contributed by atoms with Gasteiger partial charge in [0.25, 0.3) is 0 Å². The minimum atomic E-state index is -0.489. The van der Waals surface area contributed by atoms with Crippen LogP contribution in [0.5, 0.6) is 0 Å². The lowest BCUT2D eigenvalue weighted by atomic mass is 10.0. The van der Waals surface area contributed by atoms with Gasteiger partial charge in [0.1, 0.15) is 5.82 Å². The van der Waals surface area contributed by atoms with Gasteiger partial charge in [-0.05, 0) is 24.6 Å². The SMILES string of the molecule is CC(NC(=O)C1CC(=O)N(C)C1)c1ccc(F)c(Cl)c1. The Kier molecular flexibility index (Phi) is 4.28. The average molecular weight is 299 g/mol. The first-order chi connectivity index (χ1) is 9.38. The van der Waals surface area contributed by atoms with E-state index >= 15 is 0 Å². The van der Waals surface area contributed by atoms with Crippen LogP contribution < -0.4 is 5.32 Å². The second-order valence-electron chi connectivity index (χ2n) is 5.08. The van der Waals surface area contributed by atoms with Crippen molar-refractivity contribution in [2.45, 2.75) is 19.4 Å². The van der Waals surface area contributed by atoms with Gasteiger partial charge in [-0.15, -0.1) is 0 Å². The highest BCUT2D eigenvalue weighted by Gasteiger charge is 2.32. The number of carbonyl (C=O) groups is 2. The standard InChI is InChI=1S/C14H16ClFN2O2/c1-8(9-3-4-12(16)11(15)5-9)17-14(20)10-6-13(19)18(2)7-10/h3-5,8,10H,6-7H2,1-2H3,(H,17,20). The second-order valence-corrected chi connectivity index (χ2v) is 5.49. The predicted molar refractivity (Wildman–Crippen MR) is 73.7 cm³/mol. The zero-order valence-electron chi connectivity index (χ0n) is 11.3. The molecule has 2 amide bonds. The first kappa shape index (κ1) is 14.8. The van der Waals surface area contributed by atoms with E-state index in [1.807, 2.05) is 0 Å². The van der Waals surface area contributed by atoms with Crippen LogP contribution in [0, 0.1) is 11.7 Å². The summed E-state index contributed by atoms with van der Waals surface area (Å²) < 4.78 is 13.1. The molecule has 1 aliphatic rings. The monoisotopic (exact) mass is 298 g/mol. The molecule has 0 saturated carbocycles. The van der Waals surface area contributed by atoms with Crippen LogP contribution in [0.25, 0.3) is 0 Å². The van der Waals surface area contributed by atoms with Crippen molar-refractivity contribution in [3.8, 4) is 0 Å². The van der Waals surface area contributed by atoms with Crippen molar-refractivity contribution in [2.75, 3.05) is 13.6 Å². The minimum absolute atomic E-state index is 0.0253. The normalized spacial score (nSPS) is 20.1. The quantitative estimate of drug-likeness (QED) is 0.929. The van der Waals surface area contributed by atoms with Crippen molar-refractivity contribution in [3.63, 3.8) is 0 Å². The summed E-state index contributed by atoms with van der Waals surface area (Å²) in [6.45, 7) is 2.23. The van der Waals surface area contributed by atoms with Gasteiger partial charge in [-0.3, -0.25) is 9.59 Å². The zero-order valence-corrected chi connectivity index (χ0v) is 12.1. The molecule has 0 aromatic heterocycles. The summed E-state index contributed by atoms with van der Waals surface area (Å²) >= 11 is 5.72. The number of carbonyl (C=O) groups excluding carboxylic acids is 2. The van der Waals surface area contributed by atoms with Crippen LogP contribution >= 0.6 is 11.6 Å². The number of hydrogen-bond acceptors (Lipinski definition) is 2. The molecule has 1 saturated heterocycles. The third-order valence-corrected chi connectivity index (χ3v) is 3.80. The van der Waals surface area contributed by atoms with Gasteiger partial charge in [-0.25, -0.2) is 4.39 Å². The molecule has 2 rings (SSSR count). The first-order valence-electron chi connectivity index (χ1n) is 6.37. The number of nitrogens with one attached hydrogen (secondary N) is 1. The van der Waals surface area contributed by atoms with Crippen molar-refractivity contribution in [1.29, 1.82) is 0 Å². The first-order valence-corrected chi connectivity index (χ1v) is 6.75. The van der Waals surface area contributed by atoms with Crippen LogP contribution in [0.1, 0.15) is 24.9 Å². The summed E-state index contributed by atoms with van der Waals surface area (Å²) in [6, 6.07) is 4.06. The van der Waals surface area contributed by atoms with Crippen LogP contribution in [0.15, 0.2) is 18.2 Å². The molecular weight excluding hydrogens is 283 g/mol. The van der Waals surface area contributed by atoms with Gasteiger partial charge < -0.3 is 10.2 Å². The van der Waals surface area contributed by atoms with Gasteiger partial charge >= 0.3 is 0 Å². The average Bonchev–Trinajstić information content (AvgIpc) is 2.73. The molecule has 1 heterocycles. The summed E-state index contributed by atoms with van der Waals surface area (Å²) in [5.74, 6) is -1.01. The number of amides is 2. The van der Waals surface area contributed by atoms with E-state index in [2.05, 4.69) is 5.32 Å². The van der Waals surface area contributed by atoms with Crippen molar-refractivity contribution in [1.82, 2.24) is 10.2 Å². The Labute approximate surface area is 121 Å². The largest absolute Gasteiger partial charge is 0.349 e. The predicted octanol–water partition coefficient (Wildman–Crippen LogP) is 2.13. The third-order valence-electron chi connectivity index (χ3n) is 3.51. The van der Waals surface area contributed by atoms with Gasteiger partial charge in [-0.2, -0.15) is 0 Å². The molecule has 6 heteroatoms. The van der Waals surface area contributed by atoms with Crippen LogP contribution in [-0.2, 0) is 9.59 Å². The van der Waals surface area contributed by atoms with E-state index < -0.39 is 5.82 Å². The maximum atomic E-state index is 13.1. The summed E-state index contributed by atoms with van der Waals surface area (Å²) in [5.41, 5.74) is 0.724. The van der Waals surface area contributed by atoms with Crippen molar-refractivity contribution < 1.29 is 14.0 Å². The van der Waals surface area contributed by atoms with E-state index in [1.54, 1.807) is 24.9 Å². The Morgan fingerprint density at radius 1 is 1.55 bits per heavy atom. The van der Waals surface area contributed by atoms with Gasteiger partial charge in [0.2, 0.25) is 11.8 Å². The maximum absolute atomic E-state index is 13.1.